The molecule has 136 valence electrons. The zero-order chi connectivity index (χ0) is 18.7. The Bertz CT molecular complexity index is 672. The van der Waals surface area contributed by atoms with Crippen molar-refractivity contribution < 1.29 is 4.84 Å². The highest BCUT2D eigenvalue weighted by molar-refractivity contribution is 6.31. The Balaban J connectivity index is 2.63. The van der Waals surface area contributed by atoms with Crippen LogP contribution in [0.5, 0.6) is 0 Å². The van der Waals surface area contributed by atoms with E-state index in [1.54, 1.807) is 0 Å². The lowest BCUT2D eigenvalue weighted by Crippen LogP contribution is -2.07. The molecule has 0 heterocycles. The molecule has 0 aliphatic carbocycles. The van der Waals surface area contributed by atoms with Gasteiger partial charge in [-0.1, -0.05) is 59.6 Å². The summed E-state index contributed by atoms with van der Waals surface area (Å²) >= 11 is 6.19. The van der Waals surface area contributed by atoms with E-state index in [0.29, 0.717) is 6.61 Å². The van der Waals surface area contributed by atoms with Crippen LogP contribution in [0.25, 0.3) is 0 Å². The summed E-state index contributed by atoms with van der Waals surface area (Å²) in [4.78, 5) is 5.47. The van der Waals surface area contributed by atoms with Crippen LogP contribution >= 0.6 is 11.6 Å². The average molecular weight is 361 g/mol. The van der Waals surface area contributed by atoms with Gasteiger partial charge in [0.15, 0.2) is 0 Å². The fraction of sp³-hybridized carbons (Fsp3) is 0.381. The summed E-state index contributed by atoms with van der Waals surface area (Å²) < 4.78 is 0. The first-order chi connectivity index (χ1) is 12.0. The molecule has 3 nitrogen and oxygen atoms in total. The van der Waals surface area contributed by atoms with Crippen molar-refractivity contribution in [3.8, 4) is 0 Å². The summed E-state index contributed by atoms with van der Waals surface area (Å²) in [5.41, 5.74) is 5.27. The summed E-state index contributed by atoms with van der Waals surface area (Å²) in [6, 6.07) is 5.89. The van der Waals surface area contributed by atoms with Crippen LogP contribution in [0.3, 0.4) is 0 Å². The SMILES string of the molecule is CC/C=C(C)/C=C\C=C(/C)CO/N=C(\C)c1ccc(Cl)c(CNC)c1. The number of oxime groups is 1. The first-order valence-electron chi connectivity index (χ1n) is 8.58. The molecule has 0 unspecified atom stereocenters. The van der Waals surface area contributed by atoms with Crippen LogP contribution in [0.15, 0.2) is 58.8 Å². The Kier molecular flexibility index (Phi) is 9.90. The molecule has 0 aliphatic heterocycles. The first kappa shape index (κ1) is 21.2. The maximum absolute atomic E-state index is 6.19. The Morgan fingerprint density at radius 1 is 1.28 bits per heavy atom. The highest BCUT2D eigenvalue weighted by Crippen LogP contribution is 2.18. The van der Waals surface area contributed by atoms with E-state index >= 15 is 0 Å². The molecule has 1 aromatic carbocycles. The van der Waals surface area contributed by atoms with Crippen LogP contribution in [-0.2, 0) is 11.4 Å². The molecule has 1 N–H and O–H groups in total. The second-order valence-corrected chi connectivity index (χ2v) is 6.42. The number of nitrogens with zero attached hydrogens (tertiary/aromatic N) is 1. The van der Waals surface area contributed by atoms with Gasteiger partial charge in [0.1, 0.15) is 6.61 Å². The van der Waals surface area contributed by atoms with Crippen molar-refractivity contribution in [3.05, 3.63) is 69.8 Å². The monoisotopic (exact) mass is 360 g/mol. The summed E-state index contributed by atoms with van der Waals surface area (Å²) in [5, 5.41) is 8.08. The molecule has 0 saturated heterocycles. The molecule has 0 fully saturated rings. The molecule has 0 atom stereocenters. The number of hydrogen-bond acceptors (Lipinski definition) is 3. The Hall–Kier alpha value is -1.84. The molecular weight excluding hydrogens is 332 g/mol. The minimum absolute atomic E-state index is 0.467. The number of nitrogens with one attached hydrogen (secondary N) is 1. The van der Waals surface area contributed by atoms with Gasteiger partial charge in [-0.3, -0.25) is 0 Å². The largest absolute Gasteiger partial charge is 0.391 e. The third-order valence-electron chi connectivity index (χ3n) is 3.59. The zero-order valence-corrected chi connectivity index (χ0v) is 16.7. The maximum Gasteiger partial charge on any atom is 0.138 e. The van der Waals surface area contributed by atoms with Gasteiger partial charge in [-0.25, -0.2) is 0 Å². The highest BCUT2D eigenvalue weighted by atomic mass is 35.5. The van der Waals surface area contributed by atoms with E-state index in [1.807, 2.05) is 51.2 Å². The van der Waals surface area contributed by atoms with E-state index in [1.165, 1.54) is 5.57 Å². The minimum Gasteiger partial charge on any atom is -0.391 e. The molecule has 1 aromatic rings. The van der Waals surface area contributed by atoms with Crippen molar-refractivity contribution in [1.29, 1.82) is 0 Å². The van der Waals surface area contributed by atoms with E-state index in [9.17, 15) is 0 Å². The van der Waals surface area contributed by atoms with Crippen LogP contribution in [0.4, 0.5) is 0 Å². The molecule has 25 heavy (non-hydrogen) atoms. The minimum atomic E-state index is 0.467. The first-order valence-corrected chi connectivity index (χ1v) is 8.96. The van der Waals surface area contributed by atoms with Crippen molar-refractivity contribution in [3.63, 3.8) is 0 Å². The fourth-order valence-electron chi connectivity index (χ4n) is 2.21. The van der Waals surface area contributed by atoms with Crippen LogP contribution in [0.2, 0.25) is 5.02 Å². The van der Waals surface area contributed by atoms with Crippen molar-refractivity contribution in [1.82, 2.24) is 5.32 Å². The van der Waals surface area contributed by atoms with Crippen LogP contribution in [0, 0.1) is 0 Å². The standard InChI is InChI=1S/C21H29ClN2O/c1-6-8-16(2)9-7-10-17(3)15-25-24-18(4)19-11-12-21(22)20(13-19)14-23-5/h7-13,23H,6,14-15H2,1-5H3/b9-7-,16-8+,17-10+,24-18+. The lowest BCUT2D eigenvalue weighted by atomic mass is 10.1. The second kappa shape index (κ2) is 11.7. The van der Waals surface area contributed by atoms with Gasteiger partial charge in [0.2, 0.25) is 0 Å². The van der Waals surface area contributed by atoms with E-state index in [0.717, 1.165) is 40.4 Å². The van der Waals surface area contributed by atoms with E-state index in [2.05, 4.69) is 36.5 Å². The zero-order valence-electron chi connectivity index (χ0n) is 15.9. The normalized spacial score (nSPS) is 13.6. The molecule has 0 aliphatic rings. The van der Waals surface area contributed by atoms with E-state index in [-0.39, 0.29) is 0 Å². The van der Waals surface area contributed by atoms with Gasteiger partial charge in [-0.05, 0) is 63.1 Å². The van der Waals surface area contributed by atoms with Crippen molar-refractivity contribution in [2.24, 2.45) is 5.16 Å². The third kappa shape index (κ3) is 8.19. The molecule has 0 bridgehead atoms. The Morgan fingerprint density at radius 3 is 2.72 bits per heavy atom. The summed E-state index contributed by atoms with van der Waals surface area (Å²) in [7, 11) is 1.90. The van der Waals surface area contributed by atoms with Crippen molar-refractivity contribution in [2.45, 2.75) is 40.7 Å². The van der Waals surface area contributed by atoms with Gasteiger partial charge in [0, 0.05) is 11.6 Å². The quantitative estimate of drug-likeness (QED) is 0.350. The molecule has 0 saturated carbocycles. The Morgan fingerprint density at radius 2 is 2.04 bits per heavy atom. The summed E-state index contributed by atoms with van der Waals surface area (Å²) in [5.74, 6) is 0. The van der Waals surface area contributed by atoms with Gasteiger partial charge in [0.25, 0.3) is 0 Å². The second-order valence-electron chi connectivity index (χ2n) is 6.02. The van der Waals surface area contributed by atoms with Crippen molar-refractivity contribution >= 4 is 17.3 Å². The van der Waals surface area contributed by atoms with Gasteiger partial charge < -0.3 is 10.2 Å². The van der Waals surface area contributed by atoms with Gasteiger partial charge in [-0.15, -0.1) is 0 Å². The lowest BCUT2D eigenvalue weighted by Gasteiger charge is -2.07. The molecular formula is C21H29ClN2O. The highest BCUT2D eigenvalue weighted by Gasteiger charge is 2.04. The number of benzene rings is 1. The maximum atomic E-state index is 6.19. The van der Waals surface area contributed by atoms with Crippen LogP contribution in [-0.4, -0.2) is 19.4 Å². The molecule has 0 spiro atoms. The summed E-state index contributed by atoms with van der Waals surface area (Å²) in [6.45, 7) is 9.39. The number of halogens is 1. The van der Waals surface area contributed by atoms with Crippen molar-refractivity contribution in [2.75, 3.05) is 13.7 Å². The molecule has 4 heteroatoms. The fourth-order valence-corrected chi connectivity index (χ4v) is 2.40. The van der Waals surface area contributed by atoms with Gasteiger partial charge in [0.05, 0.1) is 5.71 Å². The van der Waals surface area contributed by atoms with Crippen LogP contribution in [0.1, 0.15) is 45.2 Å². The molecule has 1 rings (SSSR count). The lowest BCUT2D eigenvalue weighted by molar-refractivity contribution is 0.168. The smallest absolute Gasteiger partial charge is 0.138 e. The van der Waals surface area contributed by atoms with E-state index < -0.39 is 0 Å². The average Bonchev–Trinajstić information content (AvgIpc) is 2.57. The molecule has 0 radical (unpaired) electrons. The van der Waals surface area contributed by atoms with Gasteiger partial charge in [-0.2, -0.15) is 0 Å². The summed E-state index contributed by atoms with van der Waals surface area (Å²) in [6.07, 6.45) is 9.43. The number of hydrogen-bond donors (Lipinski definition) is 1. The number of allylic oxidation sites excluding steroid dienone is 5. The molecule has 0 amide bonds. The molecule has 0 aromatic heterocycles. The topological polar surface area (TPSA) is 33.6 Å². The van der Waals surface area contributed by atoms with Crippen LogP contribution < -0.4 is 5.32 Å². The number of rotatable bonds is 9. The predicted molar refractivity (Wildman–Crippen MR) is 109 cm³/mol. The van der Waals surface area contributed by atoms with Gasteiger partial charge >= 0.3 is 0 Å². The Labute approximate surface area is 157 Å². The van der Waals surface area contributed by atoms with E-state index in [4.69, 9.17) is 16.4 Å². The predicted octanol–water partition coefficient (Wildman–Crippen LogP) is 5.66. The third-order valence-corrected chi connectivity index (χ3v) is 3.96.